The van der Waals surface area contributed by atoms with Crippen molar-refractivity contribution in [3.8, 4) is 0 Å². The van der Waals surface area contributed by atoms with Crippen molar-refractivity contribution in [2.45, 2.75) is 45.6 Å². The van der Waals surface area contributed by atoms with Crippen LogP contribution in [0, 0.1) is 11.4 Å². The number of ether oxygens (including phenoxy) is 1. The largest absolute Gasteiger partial charge is 0.459 e. The Labute approximate surface area is 106 Å². The highest BCUT2D eigenvalue weighted by molar-refractivity contribution is 5.89. The fourth-order valence-electron chi connectivity index (χ4n) is 2.21. The molecule has 1 saturated carbocycles. The average Bonchev–Trinajstić information content (AvgIpc) is 2.33. The van der Waals surface area contributed by atoms with Crippen molar-refractivity contribution >= 4 is 5.97 Å². The number of carbonyl (C=O) groups excluding carboxylic acids is 1. The van der Waals surface area contributed by atoms with Gasteiger partial charge < -0.3 is 4.74 Å². The number of hydrogen-bond acceptors (Lipinski definition) is 3. The summed E-state index contributed by atoms with van der Waals surface area (Å²) in [5.41, 5.74) is 0.654. The van der Waals surface area contributed by atoms with Crippen LogP contribution in [-0.4, -0.2) is 17.1 Å². The lowest BCUT2D eigenvalue weighted by molar-refractivity contribution is 0.00946. The van der Waals surface area contributed by atoms with E-state index in [2.05, 4.69) is 18.8 Å². The lowest BCUT2D eigenvalue weighted by atomic mass is 9.76. The summed E-state index contributed by atoms with van der Waals surface area (Å²) in [6.07, 6.45) is 5.11. The molecule has 1 heterocycles. The Kier molecular flexibility index (Phi) is 3.64. The molecule has 0 aromatic carbocycles. The number of aromatic nitrogens is 1. The molecule has 4 heteroatoms. The number of carbonyl (C=O) groups is 1. The zero-order valence-electron chi connectivity index (χ0n) is 10.8. The van der Waals surface area contributed by atoms with E-state index < -0.39 is 11.9 Å². The van der Waals surface area contributed by atoms with Crippen LogP contribution >= 0.6 is 0 Å². The van der Waals surface area contributed by atoms with Crippen molar-refractivity contribution in [3.63, 3.8) is 0 Å². The number of halogens is 1. The monoisotopic (exact) mass is 251 g/mol. The molecule has 3 nitrogen and oxygen atoms in total. The zero-order valence-corrected chi connectivity index (χ0v) is 10.8. The van der Waals surface area contributed by atoms with Gasteiger partial charge in [0.1, 0.15) is 6.10 Å². The summed E-state index contributed by atoms with van der Waals surface area (Å²) in [4.78, 5) is 15.2. The van der Waals surface area contributed by atoms with Crippen molar-refractivity contribution in [1.82, 2.24) is 4.98 Å². The van der Waals surface area contributed by atoms with E-state index in [1.165, 1.54) is 18.3 Å². The van der Waals surface area contributed by atoms with Gasteiger partial charge in [-0.2, -0.15) is 4.39 Å². The summed E-state index contributed by atoms with van der Waals surface area (Å²) in [5, 5.41) is 0. The normalized spacial score (nSPS) is 19.5. The molecule has 0 bridgehead atoms. The van der Waals surface area contributed by atoms with Gasteiger partial charge in [-0.25, -0.2) is 9.78 Å². The number of pyridine rings is 1. The summed E-state index contributed by atoms with van der Waals surface area (Å²) in [5.74, 6) is -1.00. The SMILES string of the molecule is CC1(C)CCC(OC(=O)c2ccc(F)nc2)CC1. The molecule has 1 fully saturated rings. The van der Waals surface area contributed by atoms with Crippen LogP contribution < -0.4 is 0 Å². The fourth-order valence-corrected chi connectivity index (χ4v) is 2.21. The van der Waals surface area contributed by atoms with Crippen LogP contribution in [0.15, 0.2) is 18.3 Å². The molecule has 0 saturated heterocycles. The minimum absolute atomic E-state index is 0.0180. The van der Waals surface area contributed by atoms with E-state index in [0.29, 0.717) is 11.0 Å². The minimum Gasteiger partial charge on any atom is -0.459 e. The third kappa shape index (κ3) is 3.28. The van der Waals surface area contributed by atoms with Crippen molar-refractivity contribution in [3.05, 3.63) is 29.8 Å². The molecule has 1 aliphatic carbocycles. The van der Waals surface area contributed by atoms with Gasteiger partial charge in [0.25, 0.3) is 0 Å². The Hall–Kier alpha value is -1.45. The molecule has 98 valence electrons. The lowest BCUT2D eigenvalue weighted by Crippen LogP contribution is -2.28. The van der Waals surface area contributed by atoms with Gasteiger partial charge in [0, 0.05) is 6.20 Å². The predicted molar refractivity (Wildman–Crippen MR) is 65.6 cm³/mol. The maximum atomic E-state index is 12.6. The number of nitrogens with zero attached hydrogens (tertiary/aromatic N) is 1. The first kappa shape index (κ1) is 13.0. The van der Waals surface area contributed by atoms with Gasteiger partial charge in [-0.3, -0.25) is 0 Å². The molecule has 0 atom stereocenters. The molecule has 0 unspecified atom stereocenters. The van der Waals surface area contributed by atoms with E-state index in [9.17, 15) is 9.18 Å². The van der Waals surface area contributed by atoms with Crippen molar-refractivity contribution in [1.29, 1.82) is 0 Å². The van der Waals surface area contributed by atoms with Gasteiger partial charge >= 0.3 is 5.97 Å². The van der Waals surface area contributed by atoms with Crippen LogP contribution in [0.5, 0.6) is 0 Å². The van der Waals surface area contributed by atoms with Crippen molar-refractivity contribution < 1.29 is 13.9 Å². The smallest absolute Gasteiger partial charge is 0.339 e. The summed E-state index contributed by atoms with van der Waals surface area (Å²) >= 11 is 0. The van der Waals surface area contributed by atoms with E-state index in [1.807, 2.05) is 0 Å². The molecule has 0 spiro atoms. The first-order chi connectivity index (χ1) is 8.46. The van der Waals surface area contributed by atoms with Gasteiger partial charge in [0.05, 0.1) is 5.56 Å². The van der Waals surface area contributed by atoms with Crippen molar-refractivity contribution in [2.75, 3.05) is 0 Å². The molecule has 0 amide bonds. The van der Waals surface area contributed by atoms with Crippen LogP contribution in [0.3, 0.4) is 0 Å². The number of rotatable bonds is 2. The van der Waals surface area contributed by atoms with Crippen LogP contribution in [-0.2, 0) is 4.74 Å². The maximum absolute atomic E-state index is 12.6. The molecule has 2 rings (SSSR count). The topological polar surface area (TPSA) is 39.2 Å². The Balaban J connectivity index is 1.90. The lowest BCUT2D eigenvalue weighted by Gasteiger charge is -2.33. The van der Waals surface area contributed by atoms with Gasteiger partial charge in [-0.1, -0.05) is 13.8 Å². The Morgan fingerprint density at radius 1 is 1.39 bits per heavy atom. The second-order valence-electron chi connectivity index (χ2n) is 5.64. The Bertz CT molecular complexity index is 418. The molecule has 0 radical (unpaired) electrons. The third-order valence-electron chi connectivity index (χ3n) is 3.52. The van der Waals surface area contributed by atoms with Gasteiger partial charge in [-0.05, 0) is 43.2 Å². The molecular weight excluding hydrogens is 233 g/mol. The molecule has 0 N–H and O–H groups in total. The fraction of sp³-hybridized carbons (Fsp3) is 0.571. The van der Waals surface area contributed by atoms with Gasteiger partial charge in [-0.15, -0.1) is 0 Å². The summed E-state index contributed by atoms with van der Waals surface area (Å²) < 4.78 is 18.0. The molecule has 0 aliphatic heterocycles. The van der Waals surface area contributed by atoms with Gasteiger partial charge in [0.2, 0.25) is 5.95 Å². The highest BCUT2D eigenvalue weighted by Crippen LogP contribution is 2.36. The molecule has 1 aromatic rings. The minimum atomic E-state index is -0.592. The van der Waals surface area contributed by atoms with E-state index in [-0.39, 0.29) is 6.10 Å². The Morgan fingerprint density at radius 2 is 2.06 bits per heavy atom. The second-order valence-corrected chi connectivity index (χ2v) is 5.64. The zero-order chi connectivity index (χ0) is 13.2. The average molecular weight is 251 g/mol. The summed E-state index contributed by atoms with van der Waals surface area (Å²) in [6.45, 7) is 4.46. The summed E-state index contributed by atoms with van der Waals surface area (Å²) in [6, 6.07) is 2.57. The third-order valence-corrected chi connectivity index (χ3v) is 3.52. The van der Waals surface area contributed by atoms with Crippen LogP contribution in [0.4, 0.5) is 4.39 Å². The van der Waals surface area contributed by atoms with E-state index in [0.717, 1.165) is 25.7 Å². The second kappa shape index (κ2) is 5.04. The maximum Gasteiger partial charge on any atom is 0.339 e. The molecule has 1 aliphatic rings. The van der Waals surface area contributed by atoms with Gasteiger partial charge in [0.15, 0.2) is 0 Å². The van der Waals surface area contributed by atoms with Crippen LogP contribution in [0.1, 0.15) is 49.9 Å². The first-order valence-corrected chi connectivity index (χ1v) is 6.29. The Morgan fingerprint density at radius 3 is 2.61 bits per heavy atom. The van der Waals surface area contributed by atoms with E-state index in [1.54, 1.807) is 0 Å². The predicted octanol–water partition coefficient (Wildman–Crippen LogP) is 3.35. The quantitative estimate of drug-likeness (QED) is 0.597. The van der Waals surface area contributed by atoms with E-state index >= 15 is 0 Å². The van der Waals surface area contributed by atoms with E-state index in [4.69, 9.17) is 4.74 Å². The number of esters is 1. The standard InChI is InChI=1S/C14H18FNO2/c1-14(2)7-5-11(6-8-14)18-13(17)10-3-4-12(15)16-9-10/h3-4,9,11H,5-8H2,1-2H3. The van der Waals surface area contributed by atoms with Crippen molar-refractivity contribution in [2.24, 2.45) is 5.41 Å². The van der Waals surface area contributed by atoms with Crippen LogP contribution in [0.25, 0.3) is 0 Å². The molecule has 18 heavy (non-hydrogen) atoms. The molecular formula is C14H18FNO2. The number of hydrogen-bond donors (Lipinski definition) is 0. The van der Waals surface area contributed by atoms with Crippen LogP contribution in [0.2, 0.25) is 0 Å². The highest BCUT2D eigenvalue weighted by Gasteiger charge is 2.29. The summed E-state index contributed by atoms with van der Waals surface area (Å²) in [7, 11) is 0. The highest BCUT2D eigenvalue weighted by atomic mass is 19.1. The first-order valence-electron chi connectivity index (χ1n) is 6.29. The molecule has 1 aromatic heterocycles.